The Morgan fingerprint density at radius 1 is 0.500 bits per heavy atom. The van der Waals surface area contributed by atoms with Crippen molar-refractivity contribution in [1.82, 2.24) is 50.4 Å². The van der Waals surface area contributed by atoms with Crippen molar-refractivity contribution in [2.24, 2.45) is 0 Å². The molecule has 4 heterocycles. The van der Waals surface area contributed by atoms with Gasteiger partial charge in [-0.05, 0) is 108 Å². The maximum atomic E-state index is 12.4. The van der Waals surface area contributed by atoms with Gasteiger partial charge in [-0.3, -0.25) is 0 Å². The summed E-state index contributed by atoms with van der Waals surface area (Å²) >= 11 is 26.0. The number of carbonyl (C=O) groups excluding carboxylic acids is 2. The van der Waals surface area contributed by atoms with Crippen molar-refractivity contribution < 1.29 is 38.0 Å². The zero-order chi connectivity index (χ0) is 58.6. The normalized spacial score (nSPS) is 15.2. The summed E-state index contributed by atoms with van der Waals surface area (Å²) in [5.41, 5.74) is 11.5. The highest BCUT2D eigenvalue weighted by Crippen LogP contribution is 2.41. The van der Waals surface area contributed by atoms with E-state index in [-0.39, 0.29) is 23.9 Å². The number of rotatable bonds is 30. The molecule has 9 rings (SSSR count). The fraction of sp³-hybridized carbons (Fsp3) is 0.400. The zero-order valence-electron chi connectivity index (χ0n) is 47.0. The molecule has 4 amide bonds. The average molecular weight is 1230 g/mol. The lowest BCUT2D eigenvalue weighted by molar-refractivity contribution is 0.0136. The van der Waals surface area contributed by atoms with Gasteiger partial charge in [0.25, 0.3) is 0 Å². The van der Waals surface area contributed by atoms with Gasteiger partial charge in [-0.1, -0.05) is 93.2 Å². The molecule has 7 aromatic rings. The Morgan fingerprint density at radius 3 is 1.29 bits per heavy atom. The smallest absolute Gasteiger partial charge is 0.319 e. The molecule has 0 aliphatic carbocycles. The molecular weight excluding hydrogens is 1160 g/mol. The number of nitrogens with one attached hydrogen (secondary N) is 4. The summed E-state index contributed by atoms with van der Waals surface area (Å²) in [6, 6.07) is 30.5. The standard InChI is InChI=1S/C60H70Cl4N12O8/c1-73-35-51(49-31-45(61)33-55(63)53(49)37-73)41-5-3-7-43(29-41)57-39-75(71-69-57)15-19-81-23-27-83-25-21-79-17-13-65-59(77)67-47-9-11-48(12-10-47)68-60(78)66-14-18-80-22-26-84-28-24-82-20-16-76-40-58(70-72-76)44-8-4-6-42(30-44)52-36-74(2)38-54-50(52)32-46(62)34-56(54)64/h3-12,29-34,39-40,51-52H,13-28,35-38H2,1-2H3,(H2,65,67,77)(H2,66,68,78)/t51-,52-/m0/s1. The Kier molecular flexibility index (Phi) is 23.6. The number of ether oxygens (including phenoxy) is 6. The van der Waals surface area contributed by atoms with Gasteiger partial charge in [-0.25, -0.2) is 19.0 Å². The highest BCUT2D eigenvalue weighted by molar-refractivity contribution is 6.35. The van der Waals surface area contributed by atoms with E-state index in [1.54, 1.807) is 33.6 Å². The number of halogens is 4. The van der Waals surface area contributed by atoms with Crippen LogP contribution in [0.3, 0.4) is 0 Å². The van der Waals surface area contributed by atoms with E-state index in [1.807, 2.05) is 60.9 Å². The van der Waals surface area contributed by atoms with Crippen molar-refractivity contribution in [3.05, 3.63) is 163 Å². The molecule has 0 saturated heterocycles. The van der Waals surface area contributed by atoms with Gasteiger partial charge >= 0.3 is 12.1 Å². The first-order valence-corrected chi connectivity index (χ1v) is 29.4. The minimum atomic E-state index is -0.381. The lowest BCUT2D eigenvalue weighted by atomic mass is 9.84. The number of urea groups is 2. The van der Waals surface area contributed by atoms with Gasteiger partial charge in [0.05, 0.1) is 105 Å². The molecule has 0 fully saturated rings. The largest absolute Gasteiger partial charge is 0.377 e. The second-order valence-electron chi connectivity index (χ2n) is 20.4. The second kappa shape index (κ2) is 31.8. The maximum Gasteiger partial charge on any atom is 0.319 e. The molecule has 446 valence electrons. The fourth-order valence-corrected chi connectivity index (χ4v) is 11.2. The van der Waals surface area contributed by atoms with Gasteiger partial charge in [0.15, 0.2) is 0 Å². The number of benzene rings is 5. The molecule has 0 bridgehead atoms. The van der Waals surface area contributed by atoms with Crippen molar-refractivity contribution in [1.29, 1.82) is 0 Å². The number of carbonyl (C=O) groups is 2. The summed E-state index contributed by atoms with van der Waals surface area (Å²) in [7, 11) is 4.20. The van der Waals surface area contributed by atoms with Gasteiger partial charge in [-0.2, -0.15) is 0 Å². The van der Waals surface area contributed by atoms with Crippen LogP contribution in [0, 0.1) is 0 Å². The second-order valence-corrected chi connectivity index (χ2v) is 22.1. The number of amides is 4. The number of anilines is 2. The molecule has 0 radical (unpaired) electrons. The third kappa shape index (κ3) is 18.4. The third-order valence-electron chi connectivity index (χ3n) is 14.1. The topological polar surface area (TPSA) is 206 Å². The lowest BCUT2D eigenvalue weighted by Gasteiger charge is -2.33. The fourth-order valence-electron chi connectivity index (χ4n) is 10.0. The first-order chi connectivity index (χ1) is 40.9. The van der Waals surface area contributed by atoms with Crippen LogP contribution in [0.25, 0.3) is 22.5 Å². The van der Waals surface area contributed by atoms with E-state index in [4.69, 9.17) is 74.8 Å². The monoisotopic (exact) mass is 1230 g/mol. The summed E-state index contributed by atoms with van der Waals surface area (Å²) in [6.45, 7) is 9.74. The number of hydrogen-bond acceptors (Lipinski definition) is 14. The van der Waals surface area contributed by atoms with Crippen LogP contribution >= 0.6 is 46.4 Å². The van der Waals surface area contributed by atoms with Gasteiger partial charge in [0, 0.05) is 93.7 Å². The van der Waals surface area contributed by atoms with E-state index in [9.17, 15) is 9.59 Å². The SMILES string of the molecule is CN1Cc2c(Cl)cc(Cl)cc2[C@H](c2cccc(-c3cn(CCOCCOCCOCCNC(=O)Nc4ccc(NC(=O)NCCOCCOCCOCCn5cc(-c6cccc([C@@H]7CN(C)Cc8c(Cl)cc(Cl)cc87)c6)nn5)cc4)nn3)c2)C1. The van der Waals surface area contributed by atoms with E-state index in [0.29, 0.717) is 137 Å². The number of likely N-dealkylation sites (N-methyl/N-ethyl adjacent to an activating group) is 2. The molecule has 0 saturated carbocycles. The van der Waals surface area contributed by atoms with E-state index in [1.165, 1.54) is 11.1 Å². The van der Waals surface area contributed by atoms with Gasteiger partial charge in [0.2, 0.25) is 0 Å². The van der Waals surface area contributed by atoms with E-state index in [0.717, 1.165) is 70.9 Å². The first kappa shape index (κ1) is 62.3. The number of aromatic nitrogens is 6. The average Bonchev–Trinajstić information content (AvgIpc) is 1.63. The van der Waals surface area contributed by atoms with E-state index >= 15 is 0 Å². The molecule has 2 aromatic heterocycles. The Bertz CT molecular complexity index is 3050. The van der Waals surface area contributed by atoms with Crippen LogP contribution in [-0.4, -0.2) is 171 Å². The molecule has 84 heavy (non-hydrogen) atoms. The van der Waals surface area contributed by atoms with Gasteiger partial charge in [0.1, 0.15) is 11.4 Å². The minimum absolute atomic E-state index is 0.129. The quantitative estimate of drug-likeness (QED) is 0.0310. The highest BCUT2D eigenvalue weighted by atomic mass is 35.5. The van der Waals surface area contributed by atoms with Crippen LogP contribution < -0.4 is 21.3 Å². The van der Waals surface area contributed by atoms with Crippen molar-refractivity contribution >= 4 is 69.8 Å². The van der Waals surface area contributed by atoms with Crippen molar-refractivity contribution in [2.45, 2.75) is 38.0 Å². The maximum absolute atomic E-state index is 12.4. The molecule has 5 aromatic carbocycles. The molecule has 24 heteroatoms. The molecule has 2 atom stereocenters. The summed E-state index contributed by atoms with van der Waals surface area (Å²) in [4.78, 5) is 29.4. The van der Waals surface area contributed by atoms with E-state index in [2.05, 4.69) is 90.1 Å². The Hall–Kier alpha value is -6.24. The Labute approximate surface area is 509 Å². The molecule has 20 nitrogen and oxygen atoms in total. The number of fused-ring (bicyclic) bond motifs is 2. The Balaban J connectivity index is 0.538. The predicted octanol–water partition coefficient (Wildman–Crippen LogP) is 9.71. The Morgan fingerprint density at radius 2 is 0.881 bits per heavy atom. The third-order valence-corrected chi connectivity index (χ3v) is 15.2. The number of nitrogens with zero attached hydrogens (tertiary/aromatic N) is 8. The molecule has 4 N–H and O–H groups in total. The van der Waals surface area contributed by atoms with Gasteiger partial charge < -0.3 is 59.5 Å². The highest BCUT2D eigenvalue weighted by Gasteiger charge is 2.29. The molecule has 0 unspecified atom stereocenters. The van der Waals surface area contributed by atoms with Crippen LogP contribution in [0.1, 0.15) is 45.2 Å². The van der Waals surface area contributed by atoms with E-state index < -0.39 is 0 Å². The van der Waals surface area contributed by atoms with Crippen molar-refractivity contribution in [3.63, 3.8) is 0 Å². The summed E-state index contributed by atoms with van der Waals surface area (Å²) < 4.78 is 37.5. The van der Waals surface area contributed by atoms with Crippen molar-refractivity contribution in [3.8, 4) is 22.5 Å². The van der Waals surface area contributed by atoms with Crippen LogP contribution in [0.2, 0.25) is 20.1 Å². The number of hydrogen-bond donors (Lipinski definition) is 4. The molecule has 2 aliphatic heterocycles. The van der Waals surface area contributed by atoms with Crippen LogP contribution in [0.15, 0.2) is 109 Å². The first-order valence-electron chi connectivity index (χ1n) is 27.9. The van der Waals surface area contributed by atoms with Crippen LogP contribution in [0.5, 0.6) is 0 Å². The molecule has 0 spiro atoms. The molecule has 2 aliphatic rings. The lowest BCUT2D eigenvalue weighted by Crippen LogP contribution is -2.32. The van der Waals surface area contributed by atoms with Crippen LogP contribution in [-0.2, 0) is 54.6 Å². The van der Waals surface area contributed by atoms with Gasteiger partial charge in [-0.15, -0.1) is 10.2 Å². The summed E-state index contributed by atoms with van der Waals surface area (Å²) in [6.07, 6.45) is 3.85. The minimum Gasteiger partial charge on any atom is -0.377 e. The van der Waals surface area contributed by atoms with Crippen molar-refractivity contribution in [2.75, 3.05) is 130 Å². The molecular formula is C60H70Cl4N12O8. The summed E-state index contributed by atoms with van der Waals surface area (Å²) in [5.74, 6) is 0.258. The summed E-state index contributed by atoms with van der Waals surface area (Å²) in [5, 5.41) is 31.2. The zero-order valence-corrected chi connectivity index (χ0v) is 50.1. The predicted molar refractivity (Wildman–Crippen MR) is 326 cm³/mol. The van der Waals surface area contributed by atoms with Crippen LogP contribution in [0.4, 0.5) is 21.0 Å².